The lowest BCUT2D eigenvalue weighted by Crippen LogP contribution is -2.22. The number of nitrogens with zero attached hydrogens (tertiary/aromatic N) is 1. The van der Waals surface area contributed by atoms with E-state index >= 15 is 0 Å². The molecule has 0 aromatic heterocycles. The van der Waals surface area contributed by atoms with Gasteiger partial charge in [0.2, 0.25) is 6.10 Å². The van der Waals surface area contributed by atoms with Crippen molar-refractivity contribution < 1.29 is 24.0 Å². The minimum Gasteiger partial charge on any atom is -0.463 e. The summed E-state index contributed by atoms with van der Waals surface area (Å²) in [6, 6.07) is 13.4. The lowest BCUT2D eigenvalue weighted by molar-refractivity contribution is -0.384. The SMILES string of the molecule is O=C(O[C@@H]1CCOC1=O)c1ccc(NCc2ccccc2)c([N+](=O)[O-])c1. The van der Waals surface area contributed by atoms with Gasteiger partial charge in [0.1, 0.15) is 5.69 Å². The zero-order valence-corrected chi connectivity index (χ0v) is 13.7. The van der Waals surface area contributed by atoms with Crippen molar-refractivity contribution in [1.82, 2.24) is 0 Å². The number of anilines is 1. The molecule has 0 aliphatic carbocycles. The van der Waals surface area contributed by atoms with Gasteiger partial charge in [-0.1, -0.05) is 30.3 Å². The minimum atomic E-state index is -0.961. The van der Waals surface area contributed by atoms with Gasteiger partial charge in [-0.2, -0.15) is 0 Å². The van der Waals surface area contributed by atoms with Gasteiger partial charge in [-0.15, -0.1) is 0 Å². The molecular formula is C18H16N2O6. The zero-order chi connectivity index (χ0) is 18.5. The van der Waals surface area contributed by atoms with Crippen molar-refractivity contribution in [2.75, 3.05) is 11.9 Å². The quantitative estimate of drug-likeness (QED) is 0.481. The fraction of sp³-hybridized carbons (Fsp3) is 0.222. The number of nitrogens with one attached hydrogen (secondary N) is 1. The van der Waals surface area contributed by atoms with Crippen LogP contribution in [0.3, 0.4) is 0 Å². The van der Waals surface area contributed by atoms with Crippen molar-refractivity contribution in [2.45, 2.75) is 19.1 Å². The van der Waals surface area contributed by atoms with Gasteiger partial charge in [0.05, 0.1) is 17.1 Å². The van der Waals surface area contributed by atoms with Gasteiger partial charge in [0, 0.05) is 19.0 Å². The molecule has 1 aliphatic rings. The predicted octanol–water partition coefficient (Wildman–Crippen LogP) is 2.68. The van der Waals surface area contributed by atoms with Crippen molar-refractivity contribution in [1.29, 1.82) is 0 Å². The monoisotopic (exact) mass is 356 g/mol. The second-order valence-corrected chi connectivity index (χ2v) is 5.68. The summed E-state index contributed by atoms with van der Waals surface area (Å²) in [5.74, 6) is -1.40. The highest BCUT2D eigenvalue weighted by molar-refractivity contribution is 5.93. The third kappa shape index (κ3) is 3.97. The van der Waals surface area contributed by atoms with Crippen LogP contribution in [0.5, 0.6) is 0 Å². The Balaban J connectivity index is 1.74. The van der Waals surface area contributed by atoms with E-state index in [1.807, 2.05) is 30.3 Å². The highest BCUT2D eigenvalue weighted by Crippen LogP contribution is 2.27. The highest BCUT2D eigenvalue weighted by atomic mass is 16.6. The largest absolute Gasteiger partial charge is 0.463 e. The number of carbonyl (C=O) groups excluding carboxylic acids is 2. The molecule has 0 radical (unpaired) electrons. The molecule has 1 heterocycles. The third-order valence-electron chi connectivity index (χ3n) is 3.89. The molecular weight excluding hydrogens is 340 g/mol. The molecule has 8 nitrogen and oxygen atoms in total. The number of nitro groups is 1. The smallest absolute Gasteiger partial charge is 0.347 e. The molecule has 134 valence electrons. The first-order chi connectivity index (χ1) is 12.5. The van der Waals surface area contributed by atoms with Gasteiger partial charge in [-0.3, -0.25) is 10.1 Å². The Hall–Kier alpha value is -3.42. The first-order valence-electron chi connectivity index (χ1n) is 7.98. The lowest BCUT2D eigenvalue weighted by Gasteiger charge is -2.10. The van der Waals surface area contributed by atoms with Gasteiger partial charge in [0.15, 0.2) is 0 Å². The lowest BCUT2D eigenvalue weighted by atomic mass is 10.1. The number of carbonyl (C=O) groups is 2. The van der Waals surface area contributed by atoms with E-state index in [2.05, 4.69) is 5.32 Å². The summed E-state index contributed by atoms with van der Waals surface area (Å²) in [6.07, 6.45) is -0.680. The van der Waals surface area contributed by atoms with Gasteiger partial charge in [0.25, 0.3) is 5.69 Å². The first-order valence-corrected chi connectivity index (χ1v) is 7.98. The Morgan fingerprint density at radius 2 is 2.04 bits per heavy atom. The standard InChI is InChI=1S/C18H16N2O6/c21-17(26-16-8-9-25-18(16)22)13-6-7-14(15(10-13)20(23)24)19-11-12-4-2-1-3-5-12/h1-7,10,16,19H,8-9,11H2/t16-/m1/s1. The highest BCUT2D eigenvalue weighted by Gasteiger charge is 2.31. The molecule has 1 fully saturated rings. The zero-order valence-electron chi connectivity index (χ0n) is 13.7. The van der Waals surface area contributed by atoms with Crippen molar-refractivity contribution in [3.63, 3.8) is 0 Å². The van der Waals surface area contributed by atoms with E-state index in [-0.39, 0.29) is 30.0 Å². The van der Waals surface area contributed by atoms with Crippen LogP contribution in [0.2, 0.25) is 0 Å². The molecule has 0 saturated carbocycles. The number of rotatable bonds is 6. The number of ether oxygens (including phenoxy) is 2. The summed E-state index contributed by atoms with van der Waals surface area (Å²) in [7, 11) is 0. The summed E-state index contributed by atoms with van der Waals surface area (Å²) < 4.78 is 9.78. The van der Waals surface area contributed by atoms with E-state index in [0.29, 0.717) is 6.54 Å². The van der Waals surface area contributed by atoms with Crippen LogP contribution >= 0.6 is 0 Å². The van der Waals surface area contributed by atoms with Crippen molar-refractivity contribution >= 4 is 23.3 Å². The van der Waals surface area contributed by atoms with E-state index < -0.39 is 23.0 Å². The van der Waals surface area contributed by atoms with Gasteiger partial charge >= 0.3 is 11.9 Å². The first kappa shape index (κ1) is 17.4. The number of hydrogen-bond donors (Lipinski definition) is 1. The van der Waals surface area contributed by atoms with Crippen LogP contribution < -0.4 is 5.32 Å². The summed E-state index contributed by atoms with van der Waals surface area (Å²) in [5, 5.41) is 14.3. The van der Waals surface area contributed by atoms with Crippen LogP contribution in [-0.2, 0) is 20.8 Å². The summed E-state index contributed by atoms with van der Waals surface area (Å²) in [5.41, 5.74) is 1.01. The van der Waals surface area contributed by atoms with Crippen molar-refractivity contribution in [2.24, 2.45) is 0 Å². The fourth-order valence-corrected chi connectivity index (χ4v) is 2.53. The third-order valence-corrected chi connectivity index (χ3v) is 3.89. The number of hydrogen-bond acceptors (Lipinski definition) is 7. The van der Waals surface area contributed by atoms with Crippen LogP contribution in [0.1, 0.15) is 22.3 Å². The van der Waals surface area contributed by atoms with Crippen molar-refractivity contribution in [3.05, 3.63) is 69.8 Å². The Morgan fingerprint density at radius 3 is 2.69 bits per heavy atom. The molecule has 0 bridgehead atoms. The number of nitro benzene ring substituents is 1. The van der Waals surface area contributed by atoms with E-state index in [9.17, 15) is 19.7 Å². The minimum absolute atomic E-state index is 0.00154. The molecule has 1 saturated heterocycles. The molecule has 0 unspecified atom stereocenters. The van der Waals surface area contributed by atoms with Crippen LogP contribution in [0.25, 0.3) is 0 Å². The van der Waals surface area contributed by atoms with Crippen LogP contribution in [0, 0.1) is 10.1 Å². The predicted molar refractivity (Wildman–Crippen MR) is 91.6 cm³/mol. The molecule has 2 aromatic rings. The molecule has 8 heteroatoms. The molecule has 1 N–H and O–H groups in total. The Kier molecular flexibility index (Phi) is 5.12. The maximum Gasteiger partial charge on any atom is 0.347 e. The van der Waals surface area contributed by atoms with Crippen LogP contribution in [0.15, 0.2) is 48.5 Å². The molecule has 1 aliphatic heterocycles. The second kappa shape index (κ2) is 7.64. The summed E-state index contributed by atoms with van der Waals surface area (Å²) in [6.45, 7) is 0.596. The molecule has 0 spiro atoms. The molecule has 26 heavy (non-hydrogen) atoms. The molecule has 3 rings (SSSR count). The van der Waals surface area contributed by atoms with Gasteiger partial charge in [-0.05, 0) is 17.7 Å². The Labute approximate surface area is 148 Å². The number of cyclic esters (lactones) is 1. The number of benzene rings is 2. The van der Waals surface area contributed by atoms with E-state index in [4.69, 9.17) is 9.47 Å². The Morgan fingerprint density at radius 1 is 1.27 bits per heavy atom. The topological polar surface area (TPSA) is 108 Å². The molecule has 1 atom stereocenters. The summed E-state index contributed by atoms with van der Waals surface area (Å²) in [4.78, 5) is 34.3. The Bertz CT molecular complexity index is 837. The van der Waals surface area contributed by atoms with E-state index in [0.717, 1.165) is 11.6 Å². The van der Waals surface area contributed by atoms with Crippen LogP contribution in [0.4, 0.5) is 11.4 Å². The summed E-state index contributed by atoms with van der Waals surface area (Å²) >= 11 is 0. The maximum absolute atomic E-state index is 12.1. The van der Waals surface area contributed by atoms with Crippen LogP contribution in [-0.4, -0.2) is 29.6 Å². The average Bonchev–Trinajstić information content (AvgIpc) is 3.05. The van der Waals surface area contributed by atoms with Gasteiger partial charge < -0.3 is 14.8 Å². The van der Waals surface area contributed by atoms with Crippen molar-refractivity contribution in [3.8, 4) is 0 Å². The van der Waals surface area contributed by atoms with Gasteiger partial charge in [-0.25, -0.2) is 9.59 Å². The van der Waals surface area contributed by atoms with E-state index in [1.165, 1.54) is 12.1 Å². The normalized spacial score (nSPS) is 16.0. The number of esters is 2. The second-order valence-electron chi connectivity index (χ2n) is 5.68. The molecule has 0 amide bonds. The fourth-order valence-electron chi connectivity index (χ4n) is 2.53. The average molecular weight is 356 g/mol. The molecule has 2 aromatic carbocycles. The maximum atomic E-state index is 12.1. The van der Waals surface area contributed by atoms with E-state index in [1.54, 1.807) is 0 Å².